The van der Waals surface area contributed by atoms with Crippen LogP contribution in [0.3, 0.4) is 0 Å². The first-order chi connectivity index (χ1) is 13.4. The number of hydrogen-bond donors (Lipinski definition) is 3. The average molecular weight is 419 g/mol. The number of aliphatic hydroxyl groups excluding tert-OH is 2. The van der Waals surface area contributed by atoms with Gasteiger partial charge in [-0.3, -0.25) is 0 Å². The van der Waals surface area contributed by atoms with Crippen LogP contribution in [0.5, 0.6) is 0 Å². The molecular weight excluding hydrogens is 396 g/mol. The molecule has 0 radical (unpaired) electrons. The molecule has 3 N–H and O–H groups in total. The molecular formula is C19H22N4O3S2. The van der Waals surface area contributed by atoms with E-state index in [1.165, 1.54) is 0 Å². The zero-order valence-corrected chi connectivity index (χ0v) is 17.3. The Morgan fingerprint density at radius 3 is 2.57 bits per heavy atom. The van der Waals surface area contributed by atoms with Gasteiger partial charge in [-0.15, -0.1) is 11.3 Å². The van der Waals surface area contributed by atoms with Crippen LogP contribution in [-0.2, 0) is 11.2 Å². The average Bonchev–Trinajstić information content (AvgIpc) is 3.07. The molecule has 0 aliphatic heterocycles. The van der Waals surface area contributed by atoms with E-state index in [2.05, 4.69) is 15.3 Å². The lowest BCUT2D eigenvalue weighted by Crippen LogP contribution is -2.50. The van der Waals surface area contributed by atoms with Gasteiger partial charge in [-0.25, -0.2) is 4.98 Å². The molecule has 28 heavy (non-hydrogen) atoms. The van der Waals surface area contributed by atoms with Crippen LogP contribution in [0.15, 0.2) is 29.4 Å². The van der Waals surface area contributed by atoms with E-state index in [9.17, 15) is 14.8 Å². The highest BCUT2D eigenvalue weighted by molar-refractivity contribution is 7.90. The van der Waals surface area contributed by atoms with Gasteiger partial charge in [0.2, 0.25) is 0 Å². The second-order valence-corrected chi connectivity index (χ2v) is 9.63. The van der Waals surface area contributed by atoms with Gasteiger partial charge in [0.15, 0.2) is 0 Å². The summed E-state index contributed by atoms with van der Waals surface area (Å²) in [4.78, 5) is 13.7. The normalized spacial score (nSPS) is 17.5. The standard InChI is InChI=1S/C19H22N4O3S2/c1-11-15(17-22-13-5-3-4-6-14(13)27-17)16(23-18(20-11)28(2)26)21-12-7-19(8-12,9-24)10-25/h3-6,12,24-25H,7-10H2,1-2H3,(H,20,21,23). The molecule has 4 rings (SSSR count). The number of aromatic nitrogens is 3. The van der Waals surface area contributed by atoms with Crippen molar-refractivity contribution in [2.45, 2.75) is 31.0 Å². The molecule has 7 nitrogen and oxygen atoms in total. The second-order valence-electron chi connectivity index (χ2n) is 7.32. The molecule has 1 unspecified atom stereocenters. The maximum atomic E-state index is 12.0. The number of para-hydroxylation sites is 1. The first-order valence-electron chi connectivity index (χ1n) is 9.01. The molecule has 148 valence electrons. The number of anilines is 1. The van der Waals surface area contributed by atoms with Gasteiger partial charge in [0, 0.05) is 22.6 Å². The van der Waals surface area contributed by atoms with Crippen molar-refractivity contribution in [2.24, 2.45) is 5.41 Å². The van der Waals surface area contributed by atoms with Crippen molar-refractivity contribution in [2.75, 3.05) is 24.8 Å². The summed E-state index contributed by atoms with van der Waals surface area (Å²) < 4.78 is 13.1. The fourth-order valence-corrected chi connectivity index (χ4v) is 5.15. The van der Waals surface area contributed by atoms with Crippen molar-refractivity contribution < 1.29 is 14.8 Å². The molecule has 0 bridgehead atoms. The Morgan fingerprint density at radius 1 is 1.21 bits per heavy atom. The molecule has 2 aromatic heterocycles. The maximum Gasteiger partial charge on any atom is 0.344 e. The first kappa shape index (κ1) is 19.5. The number of hydrogen-bond acceptors (Lipinski definition) is 8. The summed E-state index contributed by atoms with van der Waals surface area (Å²) in [6.07, 6.45) is 2.85. The van der Waals surface area contributed by atoms with Crippen molar-refractivity contribution in [3.8, 4) is 10.6 Å². The third kappa shape index (κ3) is 3.48. The van der Waals surface area contributed by atoms with E-state index in [0.717, 1.165) is 26.5 Å². The molecule has 1 saturated carbocycles. The quantitative estimate of drug-likeness (QED) is 0.416. The predicted octanol–water partition coefficient (Wildman–Crippen LogP) is 2.34. The second kappa shape index (κ2) is 7.57. The van der Waals surface area contributed by atoms with E-state index in [-0.39, 0.29) is 24.4 Å². The van der Waals surface area contributed by atoms with Crippen LogP contribution < -0.4 is 5.32 Å². The summed E-state index contributed by atoms with van der Waals surface area (Å²) in [6.45, 7) is 1.79. The van der Waals surface area contributed by atoms with Crippen LogP contribution in [0.1, 0.15) is 18.5 Å². The molecule has 1 aromatic carbocycles. The van der Waals surface area contributed by atoms with E-state index >= 15 is 0 Å². The summed E-state index contributed by atoms with van der Waals surface area (Å²) in [6, 6.07) is 8.00. The van der Waals surface area contributed by atoms with Gasteiger partial charge in [0.05, 0.1) is 34.7 Å². The third-order valence-corrected chi connectivity index (χ3v) is 6.96. The largest absolute Gasteiger partial charge is 0.609 e. The minimum absolute atomic E-state index is 0.0422. The number of rotatable bonds is 6. The lowest BCUT2D eigenvalue weighted by atomic mass is 9.66. The fraction of sp³-hybridized carbons (Fsp3) is 0.421. The molecule has 0 spiro atoms. The van der Waals surface area contributed by atoms with Crippen LogP contribution in [0, 0.1) is 12.3 Å². The first-order valence-corrected chi connectivity index (χ1v) is 11.4. The van der Waals surface area contributed by atoms with Gasteiger partial charge in [0.1, 0.15) is 17.1 Å². The molecule has 9 heteroatoms. The van der Waals surface area contributed by atoms with Crippen molar-refractivity contribution >= 4 is 38.5 Å². The van der Waals surface area contributed by atoms with E-state index in [1.807, 2.05) is 31.2 Å². The molecule has 1 fully saturated rings. The highest BCUT2D eigenvalue weighted by Gasteiger charge is 2.44. The Bertz CT molecular complexity index is 963. The smallest absolute Gasteiger partial charge is 0.344 e. The summed E-state index contributed by atoms with van der Waals surface area (Å²) in [7, 11) is 0. The molecule has 1 atom stereocenters. The fourth-order valence-electron chi connectivity index (χ4n) is 3.60. The van der Waals surface area contributed by atoms with E-state index < -0.39 is 16.6 Å². The number of aryl methyl sites for hydroxylation is 1. The molecule has 2 heterocycles. The molecule has 1 aliphatic rings. The van der Waals surface area contributed by atoms with E-state index in [4.69, 9.17) is 4.98 Å². The molecule has 0 saturated heterocycles. The minimum atomic E-state index is -1.31. The van der Waals surface area contributed by atoms with Crippen molar-refractivity contribution in [3.63, 3.8) is 0 Å². The number of fused-ring (bicyclic) bond motifs is 1. The Labute approximate surface area is 170 Å². The lowest BCUT2D eigenvalue weighted by molar-refractivity contribution is -0.0173. The van der Waals surface area contributed by atoms with Crippen LogP contribution in [-0.4, -0.2) is 55.2 Å². The van der Waals surface area contributed by atoms with Gasteiger partial charge in [0.25, 0.3) is 0 Å². The van der Waals surface area contributed by atoms with E-state index in [0.29, 0.717) is 18.7 Å². The Kier molecular flexibility index (Phi) is 5.28. The number of benzene rings is 1. The zero-order valence-electron chi connectivity index (χ0n) is 15.7. The van der Waals surface area contributed by atoms with Gasteiger partial charge >= 0.3 is 5.16 Å². The SMILES string of the molecule is Cc1nc([S+](C)[O-])nc(NC2CC(CO)(CO)C2)c1-c1nc2ccccc2s1. The topological polar surface area (TPSA) is 114 Å². The summed E-state index contributed by atoms with van der Waals surface area (Å²) in [5.74, 6) is 0.603. The minimum Gasteiger partial charge on any atom is -0.609 e. The van der Waals surface area contributed by atoms with Gasteiger partial charge < -0.3 is 20.1 Å². The molecule has 1 aliphatic carbocycles. The predicted molar refractivity (Wildman–Crippen MR) is 111 cm³/mol. The van der Waals surface area contributed by atoms with E-state index in [1.54, 1.807) is 17.6 Å². The Morgan fingerprint density at radius 2 is 1.93 bits per heavy atom. The number of aliphatic hydroxyl groups is 2. The van der Waals surface area contributed by atoms with Crippen LogP contribution in [0.2, 0.25) is 0 Å². The number of nitrogens with one attached hydrogen (secondary N) is 1. The maximum absolute atomic E-state index is 12.0. The van der Waals surface area contributed by atoms with Crippen LogP contribution >= 0.6 is 11.3 Å². The van der Waals surface area contributed by atoms with Crippen molar-refractivity contribution in [1.82, 2.24) is 15.0 Å². The third-order valence-electron chi connectivity index (χ3n) is 5.20. The lowest BCUT2D eigenvalue weighted by Gasteiger charge is -2.45. The number of thiazole rings is 1. The Hall–Kier alpha value is -1.78. The molecule has 0 amide bonds. The van der Waals surface area contributed by atoms with Crippen LogP contribution in [0.25, 0.3) is 20.8 Å². The summed E-state index contributed by atoms with van der Waals surface area (Å²) >= 11 is 0.262. The van der Waals surface area contributed by atoms with Gasteiger partial charge in [-0.1, -0.05) is 12.1 Å². The Balaban J connectivity index is 1.73. The summed E-state index contributed by atoms with van der Waals surface area (Å²) in [5.41, 5.74) is 2.00. The number of nitrogens with zero attached hydrogens (tertiary/aromatic N) is 3. The monoisotopic (exact) mass is 418 g/mol. The van der Waals surface area contributed by atoms with Gasteiger partial charge in [-0.05, 0) is 31.9 Å². The highest BCUT2D eigenvalue weighted by Crippen LogP contribution is 2.43. The zero-order chi connectivity index (χ0) is 19.9. The molecule has 3 aromatic rings. The highest BCUT2D eigenvalue weighted by atomic mass is 32.2. The van der Waals surface area contributed by atoms with Gasteiger partial charge in [-0.2, -0.15) is 9.97 Å². The van der Waals surface area contributed by atoms with Crippen LogP contribution in [0.4, 0.5) is 5.82 Å². The van der Waals surface area contributed by atoms with Crippen molar-refractivity contribution in [1.29, 1.82) is 0 Å². The summed E-state index contributed by atoms with van der Waals surface area (Å²) in [5, 5.41) is 23.6. The van der Waals surface area contributed by atoms with Crippen molar-refractivity contribution in [3.05, 3.63) is 30.0 Å².